The Hall–Kier alpha value is -0.680. The van der Waals surface area contributed by atoms with Crippen LogP contribution in [0.2, 0.25) is 0 Å². The molecule has 5 heteroatoms. The zero-order chi connectivity index (χ0) is 10.1. The molecule has 1 rings (SSSR count). The Kier molecular flexibility index (Phi) is 2.87. The van der Waals surface area contributed by atoms with Gasteiger partial charge in [0.25, 0.3) is 5.56 Å². The van der Waals surface area contributed by atoms with Crippen LogP contribution in [0.3, 0.4) is 0 Å². The number of aromatic amines is 1. The number of rotatable bonds is 2. The average molecular weight is 246 g/mol. The van der Waals surface area contributed by atoms with Crippen molar-refractivity contribution in [1.82, 2.24) is 9.97 Å². The van der Waals surface area contributed by atoms with Crippen LogP contribution in [0.4, 0.5) is 0 Å². The molecule has 4 nitrogen and oxygen atoms in total. The van der Waals surface area contributed by atoms with E-state index in [1.165, 1.54) is 6.33 Å². The maximum atomic E-state index is 11.2. The molecule has 1 heterocycles. The molecule has 0 saturated heterocycles. The van der Waals surface area contributed by atoms with E-state index in [9.17, 15) is 4.79 Å². The SMILES string of the molecule is CC(C)(CN)c1nc[nH]c(=O)c1Br. The van der Waals surface area contributed by atoms with Gasteiger partial charge in [-0.1, -0.05) is 13.8 Å². The van der Waals surface area contributed by atoms with Crippen LogP contribution in [0.5, 0.6) is 0 Å². The van der Waals surface area contributed by atoms with Crippen molar-refractivity contribution in [3.8, 4) is 0 Å². The van der Waals surface area contributed by atoms with Gasteiger partial charge in [-0.3, -0.25) is 4.79 Å². The van der Waals surface area contributed by atoms with Gasteiger partial charge in [0.2, 0.25) is 0 Å². The summed E-state index contributed by atoms with van der Waals surface area (Å²) in [6, 6.07) is 0. The van der Waals surface area contributed by atoms with Gasteiger partial charge >= 0.3 is 0 Å². The highest BCUT2D eigenvalue weighted by atomic mass is 79.9. The van der Waals surface area contributed by atoms with E-state index >= 15 is 0 Å². The van der Waals surface area contributed by atoms with Gasteiger partial charge < -0.3 is 10.7 Å². The van der Waals surface area contributed by atoms with Crippen molar-refractivity contribution in [2.75, 3.05) is 6.54 Å². The summed E-state index contributed by atoms with van der Waals surface area (Å²) in [6.45, 7) is 4.33. The lowest BCUT2D eigenvalue weighted by molar-refractivity contribution is 0.516. The lowest BCUT2D eigenvalue weighted by Gasteiger charge is -2.21. The normalized spacial score (nSPS) is 11.7. The Morgan fingerprint density at radius 3 is 2.85 bits per heavy atom. The summed E-state index contributed by atoms with van der Waals surface area (Å²) in [5, 5.41) is 0. The standard InChI is InChI=1S/C8H12BrN3O/c1-8(2,3-10)6-5(9)7(13)12-4-11-6/h4H,3,10H2,1-2H3,(H,11,12,13). The number of nitrogens with zero attached hydrogens (tertiary/aromatic N) is 1. The first-order valence-corrected chi connectivity index (χ1v) is 4.72. The summed E-state index contributed by atoms with van der Waals surface area (Å²) < 4.78 is 0.463. The van der Waals surface area contributed by atoms with Crippen molar-refractivity contribution >= 4 is 15.9 Å². The quantitative estimate of drug-likeness (QED) is 0.809. The van der Waals surface area contributed by atoms with Crippen LogP contribution < -0.4 is 11.3 Å². The van der Waals surface area contributed by atoms with Gasteiger partial charge in [0, 0.05) is 12.0 Å². The Bertz CT molecular complexity index is 359. The van der Waals surface area contributed by atoms with Gasteiger partial charge in [-0.15, -0.1) is 0 Å². The highest BCUT2D eigenvalue weighted by molar-refractivity contribution is 9.10. The minimum Gasteiger partial charge on any atom is -0.330 e. The van der Waals surface area contributed by atoms with Crippen LogP contribution >= 0.6 is 15.9 Å². The Labute approximate surface area is 84.7 Å². The first-order chi connectivity index (χ1) is 5.99. The fraction of sp³-hybridized carbons (Fsp3) is 0.500. The first kappa shape index (κ1) is 10.4. The minimum atomic E-state index is -0.285. The molecule has 0 bridgehead atoms. The van der Waals surface area contributed by atoms with Crippen molar-refractivity contribution in [3.05, 3.63) is 26.8 Å². The molecule has 0 spiro atoms. The third-order valence-electron chi connectivity index (χ3n) is 1.95. The van der Waals surface area contributed by atoms with Gasteiger partial charge in [0.15, 0.2) is 0 Å². The van der Waals surface area contributed by atoms with E-state index in [1.807, 2.05) is 13.8 Å². The molecular weight excluding hydrogens is 234 g/mol. The summed E-state index contributed by atoms with van der Waals surface area (Å²) in [5.41, 5.74) is 5.82. The fourth-order valence-electron chi connectivity index (χ4n) is 0.952. The minimum absolute atomic E-state index is 0.175. The van der Waals surface area contributed by atoms with E-state index in [0.717, 1.165) is 0 Å². The van der Waals surface area contributed by atoms with E-state index in [1.54, 1.807) is 0 Å². The number of aromatic nitrogens is 2. The maximum Gasteiger partial charge on any atom is 0.265 e. The van der Waals surface area contributed by atoms with Crippen molar-refractivity contribution in [3.63, 3.8) is 0 Å². The smallest absolute Gasteiger partial charge is 0.265 e. The Morgan fingerprint density at radius 2 is 2.31 bits per heavy atom. The number of H-pyrrole nitrogens is 1. The molecule has 3 N–H and O–H groups in total. The molecule has 0 aromatic carbocycles. The Morgan fingerprint density at radius 1 is 1.69 bits per heavy atom. The average Bonchev–Trinajstić information content (AvgIpc) is 2.09. The number of nitrogens with two attached hydrogens (primary N) is 1. The van der Waals surface area contributed by atoms with Crippen molar-refractivity contribution in [1.29, 1.82) is 0 Å². The van der Waals surface area contributed by atoms with Crippen LogP contribution in [0.15, 0.2) is 15.6 Å². The zero-order valence-electron chi connectivity index (χ0n) is 7.60. The largest absolute Gasteiger partial charge is 0.330 e. The van der Waals surface area contributed by atoms with Crippen LogP contribution in [0.1, 0.15) is 19.5 Å². The van der Waals surface area contributed by atoms with E-state index in [-0.39, 0.29) is 11.0 Å². The van der Waals surface area contributed by atoms with E-state index in [4.69, 9.17) is 5.73 Å². The molecule has 0 atom stereocenters. The highest BCUT2D eigenvalue weighted by Gasteiger charge is 2.24. The molecule has 72 valence electrons. The second-order valence-electron chi connectivity index (χ2n) is 3.48. The van der Waals surface area contributed by atoms with E-state index in [2.05, 4.69) is 25.9 Å². The number of halogens is 1. The molecule has 0 aliphatic rings. The van der Waals surface area contributed by atoms with Crippen molar-refractivity contribution in [2.45, 2.75) is 19.3 Å². The van der Waals surface area contributed by atoms with Gasteiger partial charge in [0.05, 0.1) is 12.0 Å². The monoisotopic (exact) mass is 245 g/mol. The van der Waals surface area contributed by atoms with Crippen LogP contribution in [0.25, 0.3) is 0 Å². The predicted octanol–water partition coefficient (Wildman–Crippen LogP) is 0.769. The molecule has 0 unspecified atom stereocenters. The molecule has 0 radical (unpaired) electrons. The van der Waals surface area contributed by atoms with Gasteiger partial charge in [-0.05, 0) is 15.9 Å². The van der Waals surface area contributed by atoms with Gasteiger partial charge in [0.1, 0.15) is 4.47 Å². The van der Waals surface area contributed by atoms with E-state index in [0.29, 0.717) is 16.7 Å². The number of hydrogen-bond donors (Lipinski definition) is 2. The molecule has 0 amide bonds. The molecule has 0 saturated carbocycles. The Balaban J connectivity index is 3.31. The van der Waals surface area contributed by atoms with Gasteiger partial charge in [-0.25, -0.2) is 4.98 Å². The predicted molar refractivity (Wildman–Crippen MR) is 54.6 cm³/mol. The zero-order valence-corrected chi connectivity index (χ0v) is 9.18. The first-order valence-electron chi connectivity index (χ1n) is 3.93. The molecule has 0 aliphatic carbocycles. The number of hydrogen-bond acceptors (Lipinski definition) is 3. The van der Waals surface area contributed by atoms with Crippen LogP contribution in [-0.2, 0) is 5.41 Å². The molecule has 1 aromatic rings. The highest BCUT2D eigenvalue weighted by Crippen LogP contribution is 2.23. The lowest BCUT2D eigenvalue weighted by Crippen LogP contribution is -2.31. The van der Waals surface area contributed by atoms with Crippen molar-refractivity contribution in [2.24, 2.45) is 5.73 Å². The molecule has 1 aromatic heterocycles. The molecule has 0 aliphatic heterocycles. The topological polar surface area (TPSA) is 71.8 Å². The summed E-state index contributed by atoms with van der Waals surface area (Å²) in [5.74, 6) is 0. The number of nitrogens with one attached hydrogen (secondary N) is 1. The third kappa shape index (κ3) is 1.97. The second kappa shape index (κ2) is 3.59. The van der Waals surface area contributed by atoms with Crippen LogP contribution in [0, 0.1) is 0 Å². The fourth-order valence-corrected chi connectivity index (χ4v) is 1.71. The molecule has 13 heavy (non-hydrogen) atoms. The summed E-state index contributed by atoms with van der Waals surface area (Å²) in [7, 11) is 0. The summed E-state index contributed by atoms with van der Waals surface area (Å²) in [4.78, 5) is 17.8. The van der Waals surface area contributed by atoms with Crippen molar-refractivity contribution < 1.29 is 0 Å². The third-order valence-corrected chi connectivity index (χ3v) is 2.68. The van der Waals surface area contributed by atoms with Gasteiger partial charge in [-0.2, -0.15) is 0 Å². The summed E-state index contributed by atoms with van der Waals surface area (Å²) >= 11 is 3.19. The molecule has 0 fully saturated rings. The second-order valence-corrected chi connectivity index (χ2v) is 4.28. The van der Waals surface area contributed by atoms with E-state index < -0.39 is 0 Å². The van der Waals surface area contributed by atoms with Crippen LogP contribution in [-0.4, -0.2) is 16.5 Å². The maximum absolute atomic E-state index is 11.2. The lowest BCUT2D eigenvalue weighted by atomic mass is 9.89. The summed E-state index contributed by atoms with van der Waals surface area (Å²) in [6.07, 6.45) is 1.39. The molecular formula is C8H12BrN3O.